The molecular formula is C12H14N6O3. The third-order valence-electron chi connectivity index (χ3n) is 2.81. The summed E-state index contributed by atoms with van der Waals surface area (Å²) in [6, 6.07) is 4.25. The lowest BCUT2D eigenvalue weighted by Gasteiger charge is -2.06. The van der Waals surface area contributed by atoms with Gasteiger partial charge in [-0.1, -0.05) is 11.3 Å². The number of hydrogen-bond donors (Lipinski definition) is 2. The van der Waals surface area contributed by atoms with E-state index in [0.717, 1.165) is 0 Å². The molecule has 0 atom stereocenters. The van der Waals surface area contributed by atoms with Crippen LogP contribution in [0.4, 0.5) is 11.4 Å². The number of aryl methyl sites for hydroxylation is 1. The van der Waals surface area contributed by atoms with Gasteiger partial charge in [0.05, 0.1) is 23.4 Å². The van der Waals surface area contributed by atoms with Crippen molar-refractivity contribution in [1.82, 2.24) is 15.0 Å². The van der Waals surface area contributed by atoms with Gasteiger partial charge in [-0.2, -0.15) is 0 Å². The highest BCUT2D eigenvalue weighted by molar-refractivity contribution is 6.03. The van der Waals surface area contributed by atoms with Gasteiger partial charge < -0.3 is 11.1 Å². The van der Waals surface area contributed by atoms with Crippen LogP contribution in [0.3, 0.4) is 0 Å². The summed E-state index contributed by atoms with van der Waals surface area (Å²) < 4.78 is 1.45. The van der Waals surface area contributed by atoms with Crippen molar-refractivity contribution in [3.8, 4) is 0 Å². The standard InChI is InChI=1S/C12H14N6O3/c1-8-2-3-9(18(20)21)6-10(8)14-12(19)11-7-17(5-4-13)16-15-11/h2-3,6-7H,4-5,13H2,1H3,(H,14,19). The molecule has 0 saturated heterocycles. The molecule has 2 rings (SSSR count). The molecule has 0 radical (unpaired) electrons. The monoisotopic (exact) mass is 290 g/mol. The summed E-state index contributed by atoms with van der Waals surface area (Å²) in [7, 11) is 0. The Kier molecular flexibility index (Phi) is 4.24. The Morgan fingerprint density at radius 3 is 2.95 bits per heavy atom. The summed E-state index contributed by atoms with van der Waals surface area (Å²) in [6.07, 6.45) is 1.47. The smallest absolute Gasteiger partial charge is 0.277 e. The number of rotatable bonds is 5. The molecule has 110 valence electrons. The number of carbonyl (C=O) groups is 1. The van der Waals surface area contributed by atoms with E-state index in [2.05, 4.69) is 15.6 Å². The van der Waals surface area contributed by atoms with Crippen LogP contribution in [0, 0.1) is 17.0 Å². The Bertz CT molecular complexity index is 681. The molecule has 0 aliphatic heterocycles. The second kappa shape index (κ2) is 6.09. The molecule has 3 N–H and O–H groups in total. The van der Waals surface area contributed by atoms with E-state index in [4.69, 9.17) is 5.73 Å². The molecule has 9 nitrogen and oxygen atoms in total. The van der Waals surface area contributed by atoms with Crippen LogP contribution in [0.1, 0.15) is 16.1 Å². The summed E-state index contributed by atoms with van der Waals surface area (Å²) >= 11 is 0. The van der Waals surface area contributed by atoms with Gasteiger partial charge in [-0.3, -0.25) is 19.6 Å². The second-order valence-corrected chi connectivity index (χ2v) is 4.37. The highest BCUT2D eigenvalue weighted by atomic mass is 16.6. The maximum Gasteiger partial charge on any atom is 0.277 e. The fourth-order valence-electron chi connectivity index (χ4n) is 1.69. The molecule has 2 aromatic rings. The lowest BCUT2D eigenvalue weighted by atomic mass is 10.2. The predicted octanol–water partition coefficient (Wildman–Crippen LogP) is 0.706. The van der Waals surface area contributed by atoms with E-state index in [1.165, 1.54) is 23.0 Å². The van der Waals surface area contributed by atoms with Crippen molar-refractivity contribution >= 4 is 17.3 Å². The summed E-state index contributed by atoms with van der Waals surface area (Å²) in [5, 5.41) is 20.8. The SMILES string of the molecule is Cc1ccc([N+](=O)[O-])cc1NC(=O)c1cn(CCN)nn1. The average molecular weight is 290 g/mol. The van der Waals surface area contributed by atoms with Crippen LogP contribution in [0.2, 0.25) is 0 Å². The maximum absolute atomic E-state index is 12.0. The van der Waals surface area contributed by atoms with Crippen LogP contribution in [-0.4, -0.2) is 32.4 Å². The predicted molar refractivity (Wildman–Crippen MR) is 74.9 cm³/mol. The van der Waals surface area contributed by atoms with Gasteiger partial charge in [0.25, 0.3) is 11.6 Å². The number of nitrogens with one attached hydrogen (secondary N) is 1. The molecule has 0 aliphatic carbocycles. The number of nitro benzene ring substituents is 1. The van der Waals surface area contributed by atoms with Crippen LogP contribution in [0.5, 0.6) is 0 Å². The summed E-state index contributed by atoms with van der Waals surface area (Å²) in [5.41, 5.74) is 6.48. The number of nitrogens with two attached hydrogens (primary N) is 1. The molecule has 1 heterocycles. The first kappa shape index (κ1) is 14.6. The molecule has 1 amide bonds. The second-order valence-electron chi connectivity index (χ2n) is 4.37. The normalized spacial score (nSPS) is 10.4. The van der Waals surface area contributed by atoms with E-state index in [1.54, 1.807) is 13.0 Å². The van der Waals surface area contributed by atoms with Crippen LogP contribution in [0.25, 0.3) is 0 Å². The van der Waals surface area contributed by atoms with Crippen LogP contribution >= 0.6 is 0 Å². The van der Waals surface area contributed by atoms with Gasteiger partial charge in [0.1, 0.15) is 0 Å². The number of carbonyl (C=O) groups excluding carboxylic acids is 1. The average Bonchev–Trinajstić information content (AvgIpc) is 2.90. The van der Waals surface area contributed by atoms with Crippen molar-refractivity contribution in [1.29, 1.82) is 0 Å². The van der Waals surface area contributed by atoms with Crippen molar-refractivity contribution < 1.29 is 9.72 Å². The summed E-state index contributed by atoms with van der Waals surface area (Å²) in [6.45, 7) is 2.58. The molecule has 0 spiro atoms. The van der Waals surface area contributed by atoms with Crippen molar-refractivity contribution in [3.63, 3.8) is 0 Å². The zero-order valence-electron chi connectivity index (χ0n) is 11.3. The molecule has 0 saturated carbocycles. The number of benzene rings is 1. The van der Waals surface area contributed by atoms with Crippen LogP contribution in [0.15, 0.2) is 24.4 Å². The van der Waals surface area contributed by atoms with E-state index in [1.807, 2.05) is 0 Å². The van der Waals surface area contributed by atoms with Gasteiger partial charge in [-0.15, -0.1) is 5.10 Å². The number of non-ortho nitro benzene ring substituents is 1. The van der Waals surface area contributed by atoms with E-state index >= 15 is 0 Å². The molecule has 0 fully saturated rings. The van der Waals surface area contributed by atoms with E-state index in [-0.39, 0.29) is 11.4 Å². The van der Waals surface area contributed by atoms with Gasteiger partial charge in [0.2, 0.25) is 0 Å². The first-order chi connectivity index (χ1) is 10.0. The minimum atomic E-state index is -0.521. The van der Waals surface area contributed by atoms with E-state index < -0.39 is 10.8 Å². The van der Waals surface area contributed by atoms with Crippen molar-refractivity contribution in [2.45, 2.75) is 13.5 Å². The third kappa shape index (κ3) is 3.39. The van der Waals surface area contributed by atoms with Crippen molar-refractivity contribution in [2.24, 2.45) is 5.73 Å². The molecule has 0 aliphatic rings. The number of aromatic nitrogens is 3. The highest BCUT2D eigenvalue weighted by Gasteiger charge is 2.14. The molecule has 1 aromatic heterocycles. The van der Waals surface area contributed by atoms with Crippen molar-refractivity contribution in [2.75, 3.05) is 11.9 Å². The van der Waals surface area contributed by atoms with E-state index in [0.29, 0.717) is 24.3 Å². The minimum absolute atomic E-state index is 0.0947. The third-order valence-corrected chi connectivity index (χ3v) is 2.81. The number of nitrogens with zero attached hydrogens (tertiary/aromatic N) is 4. The quantitative estimate of drug-likeness (QED) is 0.616. The first-order valence-corrected chi connectivity index (χ1v) is 6.18. The topological polar surface area (TPSA) is 129 Å². The lowest BCUT2D eigenvalue weighted by molar-refractivity contribution is -0.384. The van der Waals surface area contributed by atoms with E-state index in [9.17, 15) is 14.9 Å². The fourth-order valence-corrected chi connectivity index (χ4v) is 1.69. The molecule has 21 heavy (non-hydrogen) atoms. The zero-order valence-corrected chi connectivity index (χ0v) is 11.3. The van der Waals surface area contributed by atoms with Gasteiger partial charge in [0.15, 0.2) is 5.69 Å². The lowest BCUT2D eigenvalue weighted by Crippen LogP contribution is -2.13. The Balaban J connectivity index is 2.18. The number of anilines is 1. The van der Waals surface area contributed by atoms with Crippen LogP contribution in [-0.2, 0) is 6.54 Å². The fraction of sp³-hybridized carbons (Fsp3) is 0.250. The Morgan fingerprint density at radius 1 is 1.52 bits per heavy atom. The summed E-state index contributed by atoms with van der Waals surface area (Å²) in [5.74, 6) is -0.484. The zero-order chi connectivity index (χ0) is 15.4. The largest absolute Gasteiger partial charge is 0.329 e. The molecule has 0 unspecified atom stereocenters. The Labute approximate surface area is 119 Å². The highest BCUT2D eigenvalue weighted by Crippen LogP contribution is 2.22. The van der Waals surface area contributed by atoms with Gasteiger partial charge in [0, 0.05) is 18.7 Å². The number of amides is 1. The maximum atomic E-state index is 12.0. The van der Waals surface area contributed by atoms with Gasteiger partial charge >= 0.3 is 0 Å². The van der Waals surface area contributed by atoms with Gasteiger partial charge in [-0.05, 0) is 12.5 Å². The Hall–Kier alpha value is -2.81. The Morgan fingerprint density at radius 2 is 2.29 bits per heavy atom. The number of hydrogen-bond acceptors (Lipinski definition) is 6. The van der Waals surface area contributed by atoms with Crippen molar-refractivity contribution in [3.05, 3.63) is 45.8 Å². The summed E-state index contributed by atoms with van der Waals surface area (Å²) in [4.78, 5) is 22.3. The van der Waals surface area contributed by atoms with Crippen LogP contribution < -0.4 is 11.1 Å². The minimum Gasteiger partial charge on any atom is -0.329 e. The molecule has 9 heteroatoms. The molecular weight excluding hydrogens is 276 g/mol. The molecule has 1 aromatic carbocycles. The molecule has 0 bridgehead atoms. The van der Waals surface area contributed by atoms with Gasteiger partial charge in [-0.25, -0.2) is 0 Å². The first-order valence-electron chi connectivity index (χ1n) is 6.18. The number of nitro groups is 1.